The van der Waals surface area contributed by atoms with Crippen LogP contribution < -0.4 is 5.32 Å². The molecule has 0 aliphatic heterocycles. The minimum Gasteiger partial charge on any atom is -0.387 e. The van der Waals surface area contributed by atoms with Gasteiger partial charge in [0.1, 0.15) is 4.90 Å². The number of anilines is 1. The van der Waals surface area contributed by atoms with E-state index in [1.807, 2.05) is 6.07 Å². The molecule has 1 aromatic rings. The molecule has 1 N–H and O–H groups in total. The largest absolute Gasteiger partial charge is 0.387 e. The number of sulfonamides is 1. The standard InChI is InChI=1S/C15H24N2O2S/c1-16-14-11-7-8-12-15(14)20(18,19)17(2)13-9-5-3-4-6-10-13/h7-8,11-13,16H,3-6,9-10H2,1-2H3. The lowest BCUT2D eigenvalue weighted by molar-refractivity contribution is 0.336. The van der Waals surface area contributed by atoms with Crippen LogP contribution in [-0.2, 0) is 10.0 Å². The summed E-state index contributed by atoms with van der Waals surface area (Å²) in [5, 5.41) is 2.97. The van der Waals surface area contributed by atoms with Crippen molar-refractivity contribution in [1.29, 1.82) is 0 Å². The maximum Gasteiger partial charge on any atom is 0.245 e. The fraction of sp³-hybridized carbons (Fsp3) is 0.600. The summed E-state index contributed by atoms with van der Waals surface area (Å²) < 4.78 is 27.2. The van der Waals surface area contributed by atoms with E-state index in [1.165, 1.54) is 12.8 Å². The van der Waals surface area contributed by atoms with Gasteiger partial charge in [0.2, 0.25) is 10.0 Å². The average Bonchev–Trinajstić information content (AvgIpc) is 2.75. The van der Waals surface area contributed by atoms with Crippen LogP contribution in [0, 0.1) is 0 Å². The zero-order valence-electron chi connectivity index (χ0n) is 12.3. The maximum absolute atomic E-state index is 12.8. The summed E-state index contributed by atoms with van der Waals surface area (Å²) >= 11 is 0. The van der Waals surface area contributed by atoms with Crippen molar-refractivity contribution in [1.82, 2.24) is 4.31 Å². The van der Waals surface area contributed by atoms with Gasteiger partial charge in [0.25, 0.3) is 0 Å². The van der Waals surface area contributed by atoms with E-state index in [9.17, 15) is 8.42 Å². The smallest absolute Gasteiger partial charge is 0.245 e. The summed E-state index contributed by atoms with van der Waals surface area (Å²) in [6.07, 6.45) is 6.63. The van der Waals surface area contributed by atoms with Gasteiger partial charge in [0, 0.05) is 20.1 Å². The van der Waals surface area contributed by atoms with Crippen LogP contribution in [0.15, 0.2) is 29.2 Å². The van der Waals surface area contributed by atoms with Gasteiger partial charge < -0.3 is 5.32 Å². The molecule has 0 bridgehead atoms. The van der Waals surface area contributed by atoms with Gasteiger partial charge in [-0.05, 0) is 25.0 Å². The normalized spacial score (nSPS) is 17.9. The first-order valence-corrected chi connectivity index (χ1v) is 8.76. The molecule has 1 aliphatic carbocycles. The second kappa shape index (κ2) is 6.59. The van der Waals surface area contributed by atoms with Crippen LogP contribution in [0.5, 0.6) is 0 Å². The lowest BCUT2D eigenvalue weighted by Gasteiger charge is -2.27. The number of benzene rings is 1. The molecule has 20 heavy (non-hydrogen) atoms. The molecule has 1 aliphatic rings. The fourth-order valence-electron chi connectivity index (χ4n) is 2.87. The molecule has 0 spiro atoms. The quantitative estimate of drug-likeness (QED) is 0.869. The van der Waals surface area contributed by atoms with Gasteiger partial charge in [-0.1, -0.05) is 37.8 Å². The highest BCUT2D eigenvalue weighted by atomic mass is 32.2. The first-order valence-electron chi connectivity index (χ1n) is 7.32. The zero-order chi connectivity index (χ0) is 14.6. The monoisotopic (exact) mass is 296 g/mol. The first-order chi connectivity index (χ1) is 9.57. The first kappa shape index (κ1) is 15.3. The number of hydrogen-bond acceptors (Lipinski definition) is 3. The number of nitrogens with zero attached hydrogens (tertiary/aromatic N) is 1. The highest BCUT2D eigenvalue weighted by Crippen LogP contribution is 2.28. The van der Waals surface area contributed by atoms with E-state index < -0.39 is 10.0 Å². The summed E-state index contributed by atoms with van der Waals surface area (Å²) in [5.41, 5.74) is 0.660. The van der Waals surface area contributed by atoms with Gasteiger partial charge in [-0.25, -0.2) is 8.42 Å². The SMILES string of the molecule is CNc1ccccc1S(=O)(=O)N(C)C1CCCCCC1. The topological polar surface area (TPSA) is 49.4 Å². The molecule has 5 heteroatoms. The highest BCUT2D eigenvalue weighted by Gasteiger charge is 2.29. The van der Waals surface area contributed by atoms with Crippen LogP contribution in [0.2, 0.25) is 0 Å². The fourth-order valence-corrected chi connectivity index (χ4v) is 4.48. The van der Waals surface area contributed by atoms with Crippen LogP contribution in [0.4, 0.5) is 5.69 Å². The average molecular weight is 296 g/mol. The molecule has 0 saturated heterocycles. The summed E-state index contributed by atoms with van der Waals surface area (Å²) in [5.74, 6) is 0. The molecule has 0 aromatic heterocycles. The maximum atomic E-state index is 12.8. The Labute approximate surface area is 122 Å². The van der Waals surface area contributed by atoms with Gasteiger partial charge in [-0.2, -0.15) is 4.31 Å². The van der Waals surface area contributed by atoms with Crippen LogP contribution in [0.3, 0.4) is 0 Å². The third-order valence-electron chi connectivity index (χ3n) is 4.15. The van der Waals surface area contributed by atoms with Crippen molar-refractivity contribution in [3.8, 4) is 0 Å². The highest BCUT2D eigenvalue weighted by molar-refractivity contribution is 7.89. The Bertz CT molecular complexity index is 535. The summed E-state index contributed by atoms with van der Waals surface area (Å²) in [7, 11) is 0.0433. The molecule has 4 nitrogen and oxygen atoms in total. The molecule has 112 valence electrons. The van der Waals surface area contributed by atoms with Crippen molar-refractivity contribution in [2.45, 2.75) is 49.5 Å². The Balaban J connectivity index is 2.28. The molecule has 0 unspecified atom stereocenters. The van der Waals surface area contributed by atoms with Gasteiger partial charge in [0.05, 0.1) is 5.69 Å². The Morgan fingerprint density at radius 2 is 1.70 bits per heavy atom. The third kappa shape index (κ3) is 3.15. The second-order valence-corrected chi connectivity index (χ2v) is 7.38. The van der Waals surface area contributed by atoms with Crippen LogP contribution in [0.25, 0.3) is 0 Å². The van der Waals surface area contributed by atoms with Gasteiger partial charge in [0.15, 0.2) is 0 Å². The number of nitrogens with one attached hydrogen (secondary N) is 1. The predicted molar refractivity (Wildman–Crippen MR) is 82.4 cm³/mol. The number of para-hydroxylation sites is 1. The van der Waals surface area contributed by atoms with Crippen molar-refractivity contribution in [2.75, 3.05) is 19.4 Å². The van der Waals surface area contributed by atoms with Crippen molar-refractivity contribution in [3.63, 3.8) is 0 Å². The lowest BCUT2D eigenvalue weighted by atomic mass is 10.1. The molecule has 2 rings (SSSR count). The minimum absolute atomic E-state index is 0.132. The molecule has 0 atom stereocenters. The molecule has 1 aromatic carbocycles. The van der Waals surface area contributed by atoms with Crippen LogP contribution in [-0.4, -0.2) is 32.9 Å². The van der Waals surface area contributed by atoms with E-state index in [1.54, 1.807) is 36.6 Å². The van der Waals surface area contributed by atoms with Crippen LogP contribution in [0.1, 0.15) is 38.5 Å². The van der Waals surface area contributed by atoms with Crippen molar-refractivity contribution in [2.24, 2.45) is 0 Å². The predicted octanol–water partition coefficient (Wildman–Crippen LogP) is 3.07. The van der Waals surface area contributed by atoms with Crippen molar-refractivity contribution < 1.29 is 8.42 Å². The third-order valence-corrected chi connectivity index (χ3v) is 6.12. The Morgan fingerprint density at radius 3 is 2.30 bits per heavy atom. The molecule has 1 saturated carbocycles. The van der Waals surface area contributed by atoms with Gasteiger partial charge >= 0.3 is 0 Å². The zero-order valence-corrected chi connectivity index (χ0v) is 13.1. The van der Waals surface area contributed by atoms with Gasteiger partial charge in [-0.3, -0.25) is 0 Å². The summed E-state index contributed by atoms with van der Waals surface area (Å²) in [6, 6.07) is 7.22. The molecule has 0 heterocycles. The summed E-state index contributed by atoms with van der Waals surface area (Å²) in [6.45, 7) is 0. The molecular formula is C15H24N2O2S. The van der Waals surface area contributed by atoms with E-state index in [2.05, 4.69) is 5.32 Å². The minimum atomic E-state index is -3.43. The Morgan fingerprint density at radius 1 is 1.10 bits per heavy atom. The van der Waals surface area contributed by atoms with E-state index in [0.717, 1.165) is 25.7 Å². The van der Waals surface area contributed by atoms with E-state index in [4.69, 9.17) is 0 Å². The van der Waals surface area contributed by atoms with Gasteiger partial charge in [-0.15, -0.1) is 0 Å². The van der Waals surface area contributed by atoms with Crippen molar-refractivity contribution >= 4 is 15.7 Å². The molecule has 0 amide bonds. The van der Waals surface area contributed by atoms with E-state index in [0.29, 0.717) is 10.6 Å². The van der Waals surface area contributed by atoms with E-state index >= 15 is 0 Å². The van der Waals surface area contributed by atoms with E-state index in [-0.39, 0.29) is 6.04 Å². The molecular weight excluding hydrogens is 272 g/mol. The lowest BCUT2D eigenvalue weighted by Crippen LogP contribution is -2.37. The number of hydrogen-bond donors (Lipinski definition) is 1. The summed E-state index contributed by atoms with van der Waals surface area (Å²) in [4.78, 5) is 0.370. The second-order valence-electron chi connectivity index (χ2n) is 5.41. The van der Waals surface area contributed by atoms with Crippen LogP contribution >= 0.6 is 0 Å². The molecule has 0 radical (unpaired) electrons. The molecule has 1 fully saturated rings. The Kier molecular flexibility index (Phi) is 5.05. The Hall–Kier alpha value is -1.07. The number of rotatable bonds is 4. The van der Waals surface area contributed by atoms with Crippen molar-refractivity contribution in [3.05, 3.63) is 24.3 Å².